The van der Waals surface area contributed by atoms with Crippen molar-refractivity contribution in [3.63, 3.8) is 0 Å². The monoisotopic (exact) mass is 332 g/mol. The van der Waals surface area contributed by atoms with E-state index in [4.69, 9.17) is 0 Å². The van der Waals surface area contributed by atoms with E-state index in [1.807, 2.05) is 0 Å². The SMILES string of the molecule is CCCCCCCCC1CCC(CCc2ccc(S)cc2)CC1. The Morgan fingerprint density at radius 2 is 1.35 bits per heavy atom. The van der Waals surface area contributed by atoms with Crippen LogP contribution in [-0.4, -0.2) is 0 Å². The Labute approximate surface area is 149 Å². The number of rotatable bonds is 10. The third-order valence-corrected chi connectivity index (χ3v) is 6.01. The largest absolute Gasteiger partial charge is 0.143 e. The summed E-state index contributed by atoms with van der Waals surface area (Å²) in [6, 6.07) is 8.73. The highest BCUT2D eigenvalue weighted by molar-refractivity contribution is 7.80. The first-order chi connectivity index (χ1) is 11.3. The zero-order valence-electron chi connectivity index (χ0n) is 15.1. The predicted molar refractivity (Wildman–Crippen MR) is 105 cm³/mol. The molecule has 0 unspecified atom stereocenters. The molecule has 1 aromatic rings. The van der Waals surface area contributed by atoms with Crippen LogP contribution in [0.25, 0.3) is 0 Å². The maximum absolute atomic E-state index is 4.36. The van der Waals surface area contributed by atoms with Gasteiger partial charge in [0.2, 0.25) is 0 Å². The van der Waals surface area contributed by atoms with Crippen LogP contribution >= 0.6 is 12.6 Å². The molecule has 0 aromatic heterocycles. The number of aryl methyl sites for hydroxylation is 1. The Hall–Kier alpha value is -0.430. The van der Waals surface area contributed by atoms with Gasteiger partial charge in [-0.1, -0.05) is 89.7 Å². The first kappa shape index (κ1) is 18.9. The van der Waals surface area contributed by atoms with Gasteiger partial charge in [0, 0.05) is 4.90 Å². The van der Waals surface area contributed by atoms with Gasteiger partial charge in [0.05, 0.1) is 0 Å². The summed E-state index contributed by atoms with van der Waals surface area (Å²) < 4.78 is 0. The van der Waals surface area contributed by atoms with Crippen LogP contribution in [-0.2, 0) is 6.42 Å². The summed E-state index contributed by atoms with van der Waals surface area (Å²) in [7, 11) is 0. The molecule has 0 aliphatic heterocycles. The zero-order chi connectivity index (χ0) is 16.3. The summed E-state index contributed by atoms with van der Waals surface area (Å²) in [4.78, 5) is 1.07. The first-order valence-corrected chi connectivity index (χ1v) is 10.5. The van der Waals surface area contributed by atoms with Gasteiger partial charge in [0.15, 0.2) is 0 Å². The fourth-order valence-electron chi connectivity index (χ4n) is 4.06. The van der Waals surface area contributed by atoms with Crippen LogP contribution < -0.4 is 0 Å². The molecule has 1 heteroatoms. The highest BCUT2D eigenvalue weighted by Crippen LogP contribution is 2.34. The second-order valence-electron chi connectivity index (χ2n) is 7.65. The Balaban J connectivity index is 1.52. The van der Waals surface area contributed by atoms with Crippen LogP contribution in [0.4, 0.5) is 0 Å². The summed E-state index contributed by atoms with van der Waals surface area (Å²) in [6.07, 6.45) is 18.8. The third-order valence-electron chi connectivity index (χ3n) is 5.71. The van der Waals surface area contributed by atoms with Crippen molar-refractivity contribution in [3.05, 3.63) is 29.8 Å². The molecule has 1 aliphatic rings. The van der Waals surface area contributed by atoms with Gasteiger partial charge >= 0.3 is 0 Å². The van der Waals surface area contributed by atoms with E-state index in [0.717, 1.165) is 16.7 Å². The highest BCUT2D eigenvalue weighted by atomic mass is 32.1. The van der Waals surface area contributed by atoms with Crippen molar-refractivity contribution < 1.29 is 0 Å². The van der Waals surface area contributed by atoms with E-state index < -0.39 is 0 Å². The van der Waals surface area contributed by atoms with Gasteiger partial charge in [-0.3, -0.25) is 0 Å². The minimum Gasteiger partial charge on any atom is -0.143 e. The topological polar surface area (TPSA) is 0 Å². The molecule has 0 N–H and O–H groups in total. The van der Waals surface area contributed by atoms with E-state index in [1.165, 1.54) is 89.0 Å². The van der Waals surface area contributed by atoms with Crippen molar-refractivity contribution >= 4 is 12.6 Å². The molecule has 1 fully saturated rings. The number of hydrogen-bond donors (Lipinski definition) is 1. The van der Waals surface area contributed by atoms with E-state index in [-0.39, 0.29) is 0 Å². The van der Waals surface area contributed by atoms with Crippen LogP contribution in [0, 0.1) is 11.8 Å². The quantitative estimate of drug-likeness (QED) is 0.333. The molecular weight excluding hydrogens is 296 g/mol. The molecule has 1 aliphatic carbocycles. The number of unbranched alkanes of at least 4 members (excludes halogenated alkanes) is 5. The molecule has 0 saturated heterocycles. The van der Waals surface area contributed by atoms with Gasteiger partial charge in [-0.05, 0) is 42.4 Å². The molecule has 23 heavy (non-hydrogen) atoms. The normalized spacial score (nSPS) is 21.5. The van der Waals surface area contributed by atoms with Gasteiger partial charge in [-0.2, -0.15) is 0 Å². The second kappa shape index (κ2) is 11.2. The minimum absolute atomic E-state index is 0.978. The van der Waals surface area contributed by atoms with E-state index in [2.05, 4.69) is 43.8 Å². The molecule has 0 heterocycles. The fourth-order valence-corrected chi connectivity index (χ4v) is 4.20. The molecule has 0 nitrogen and oxygen atoms in total. The van der Waals surface area contributed by atoms with Gasteiger partial charge in [-0.25, -0.2) is 0 Å². The molecule has 0 radical (unpaired) electrons. The lowest BCUT2D eigenvalue weighted by molar-refractivity contribution is 0.248. The molecule has 130 valence electrons. The highest BCUT2D eigenvalue weighted by Gasteiger charge is 2.20. The molecule has 0 atom stereocenters. The summed E-state index contributed by atoms with van der Waals surface area (Å²) in [5.41, 5.74) is 1.48. The smallest absolute Gasteiger partial charge is 0.00401 e. The maximum Gasteiger partial charge on any atom is 0.00401 e. The lowest BCUT2D eigenvalue weighted by Gasteiger charge is -2.28. The van der Waals surface area contributed by atoms with Gasteiger partial charge < -0.3 is 0 Å². The number of hydrogen-bond acceptors (Lipinski definition) is 1. The van der Waals surface area contributed by atoms with Crippen LogP contribution in [0.5, 0.6) is 0 Å². The van der Waals surface area contributed by atoms with E-state index >= 15 is 0 Å². The van der Waals surface area contributed by atoms with Crippen molar-refractivity contribution in [2.75, 3.05) is 0 Å². The lowest BCUT2D eigenvalue weighted by atomic mass is 9.78. The number of benzene rings is 1. The summed E-state index contributed by atoms with van der Waals surface area (Å²) in [5.74, 6) is 2.02. The molecule has 0 amide bonds. The molecule has 0 bridgehead atoms. The van der Waals surface area contributed by atoms with Crippen LogP contribution in [0.2, 0.25) is 0 Å². The predicted octanol–water partition coefficient (Wildman–Crippen LogP) is 7.46. The molecule has 1 aromatic carbocycles. The van der Waals surface area contributed by atoms with Gasteiger partial charge in [0.1, 0.15) is 0 Å². The maximum atomic E-state index is 4.36. The van der Waals surface area contributed by atoms with Crippen molar-refractivity contribution in [2.45, 2.75) is 95.3 Å². The second-order valence-corrected chi connectivity index (χ2v) is 8.16. The Bertz CT molecular complexity index is 400. The lowest BCUT2D eigenvalue weighted by Crippen LogP contribution is -2.15. The van der Waals surface area contributed by atoms with E-state index in [1.54, 1.807) is 0 Å². The van der Waals surface area contributed by atoms with E-state index in [0.29, 0.717) is 0 Å². The Morgan fingerprint density at radius 1 is 0.783 bits per heavy atom. The number of thiol groups is 1. The summed E-state index contributed by atoms with van der Waals surface area (Å²) in [5, 5.41) is 0. The Morgan fingerprint density at radius 3 is 2.00 bits per heavy atom. The van der Waals surface area contributed by atoms with Crippen LogP contribution in [0.15, 0.2) is 29.2 Å². The average molecular weight is 333 g/mol. The van der Waals surface area contributed by atoms with E-state index in [9.17, 15) is 0 Å². The van der Waals surface area contributed by atoms with Crippen molar-refractivity contribution in [1.29, 1.82) is 0 Å². The van der Waals surface area contributed by atoms with Crippen molar-refractivity contribution in [2.24, 2.45) is 11.8 Å². The molecular formula is C22H36S. The van der Waals surface area contributed by atoms with Crippen LogP contribution in [0.1, 0.15) is 89.5 Å². The first-order valence-electron chi connectivity index (χ1n) is 10.1. The van der Waals surface area contributed by atoms with Gasteiger partial charge in [0.25, 0.3) is 0 Å². The fraction of sp³-hybridized carbons (Fsp3) is 0.727. The summed E-state index contributed by atoms with van der Waals surface area (Å²) >= 11 is 4.36. The van der Waals surface area contributed by atoms with Crippen molar-refractivity contribution in [3.8, 4) is 0 Å². The van der Waals surface area contributed by atoms with Gasteiger partial charge in [-0.15, -0.1) is 12.6 Å². The molecule has 1 saturated carbocycles. The Kier molecular flexibility index (Phi) is 9.19. The zero-order valence-corrected chi connectivity index (χ0v) is 16.0. The molecule has 0 spiro atoms. The van der Waals surface area contributed by atoms with Crippen molar-refractivity contribution in [1.82, 2.24) is 0 Å². The molecule has 2 rings (SSSR count). The average Bonchev–Trinajstić information content (AvgIpc) is 2.58. The third kappa shape index (κ3) is 7.79. The standard InChI is InChI=1S/C22H36S/c1-2-3-4-5-6-7-8-19-9-11-20(12-10-19)13-14-21-15-17-22(23)18-16-21/h15-20,23H,2-14H2,1H3. The summed E-state index contributed by atoms with van der Waals surface area (Å²) in [6.45, 7) is 2.30. The van der Waals surface area contributed by atoms with Crippen LogP contribution in [0.3, 0.4) is 0 Å². The minimum atomic E-state index is 0.978.